The van der Waals surface area contributed by atoms with Crippen molar-refractivity contribution in [1.82, 2.24) is 15.1 Å². The monoisotopic (exact) mass is 591 g/mol. The number of hydrogen-bond donors (Lipinski definition) is 2. The van der Waals surface area contributed by atoms with E-state index in [0.717, 1.165) is 4.31 Å². The summed E-state index contributed by atoms with van der Waals surface area (Å²) in [6.45, 7) is 8.00. The van der Waals surface area contributed by atoms with E-state index in [0.29, 0.717) is 20.4 Å². The van der Waals surface area contributed by atoms with Gasteiger partial charge in [0.15, 0.2) is 4.90 Å². The van der Waals surface area contributed by atoms with Gasteiger partial charge in [-0.25, -0.2) is 13.2 Å². The van der Waals surface area contributed by atoms with Crippen LogP contribution in [0, 0.1) is 0 Å². The molecule has 1 aliphatic rings. The van der Waals surface area contributed by atoms with E-state index in [9.17, 15) is 31.2 Å². The first-order chi connectivity index (χ1) is 18.4. The number of alkyl halides is 3. The molecular weight excluding hydrogens is 559 g/mol. The number of sulfonamides is 1. The Balaban J connectivity index is 2.02. The molecule has 12 nitrogen and oxygen atoms in total. The molecule has 2 amide bonds. The van der Waals surface area contributed by atoms with E-state index in [-0.39, 0.29) is 53.0 Å². The highest BCUT2D eigenvalue weighted by atomic mass is 32.2. The van der Waals surface area contributed by atoms with Crippen molar-refractivity contribution in [2.45, 2.75) is 77.0 Å². The van der Waals surface area contributed by atoms with Crippen LogP contribution < -0.4 is 24.4 Å². The highest BCUT2D eigenvalue weighted by Gasteiger charge is 2.51. The Morgan fingerprint density at radius 3 is 2.50 bits per heavy atom. The molecule has 0 unspecified atom stereocenters. The fraction of sp³-hybridized carbons (Fsp3) is 0.542. The number of hydrogen-bond acceptors (Lipinski definition) is 8. The van der Waals surface area contributed by atoms with Crippen LogP contribution in [0.25, 0.3) is 0 Å². The lowest BCUT2D eigenvalue weighted by Gasteiger charge is -2.35. The minimum atomic E-state index is -4.82. The quantitative estimate of drug-likeness (QED) is 0.450. The number of benzene rings is 1. The van der Waals surface area contributed by atoms with Gasteiger partial charge in [0.25, 0.3) is 15.9 Å². The van der Waals surface area contributed by atoms with Crippen molar-refractivity contribution in [2.75, 3.05) is 22.7 Å². The number of anilines is 2. The molecule has 0 fully saturated rings. The Bertz CT molecular complexity index is 1360. The summed E-state index contributed by atoms with van der Waals surface area (Å²) < 4.78 is 86.0. The number of nitrogens with zero attached hydrogens (tertiary/aromatic N) is 3. The first-order valence-electron chi connectivity index (χ1n) is 12.3. The molecular formula is C24H32F3N5O7S. The maximum atomic E-state index is 14.0. The molecule has 2 aromatic rings. The van der Waals surface area contributed by atoms with Gasteiger partial charge in [-0.1, -0.05) is 0 Å². The molecule has 1 atom stereocenters. The van der Waals surface area contributed by atoms with Crippen LogP contribution in [-0.2, 0) is 26.1 Å². The number of aromatic nitrogens is 2. The molecule has 1 aromatic carbocycles. The van der Waals surface area contributed by atoms with Crippen LogP contribution in [0.1, 0.15) is 41.5 Å². The zero-order chi connectivity index (χ0) is 30.0. The second kappa shape index (κ2) is 11.4. The zero-order valence-corrected chi connectivity index (χ0v) is 23.6. The summed E-state index contributed by atoms with van der Waals surface area (Å²) in [6.07, 6.45) is -6.07. The molecule has 40 heavy (non-hydrogen) atoms. The van der Waals surface area contributed by atoms with E-state index < -0.39 is 34.0 Å². The first-order valence-corrected chi connectivity index (χ1v) is 13.8. The van der Waals surface area contributed by atoms with Gasteiger partial charge in [-0.2, -0.15) is 13.2 Å². The predicted molar refractivity (Wildman–Crippen MR) is 138 cm³/mol. The summed E-state index contributed by atoms with van der Waals surface area (Å²) >= 11 is 0. The van der Waals surface area contributed by atoms with Gasteiger partial charge in [0.2, 0.25) is 11.5 Å². The van der Waals surface area contributed by atoms with Crippen molar-refractivity contribution in [3.63, 3.8) is 0 Å². The van der Waals surface area contributed by atoms with Gasteiger partial charge in [-0.15, -0.1) is 5.10 Å². The third-order valence-electron chi connectivity index (χ3n) is 5.68. The summed E-state index contributed by atoms with van der Waals surface area (Å²) in [5.41, 5.74) is -2.83. The van der Waals surface area contributed by atoms with Gasteiger partial charge in [-0.3, -0.25) is 19.1 Å². The van der Waals surface area contributed by atoms with Crippen molar-refractivity contribution in [1.29, 1.82) is 0 Å². The second-order valence-corrected chi connectivity index (χ2v) is 11.6. The molecule has 0 saturated carbocycles. The molecule has 3 rings (SSSR count). The summed E-state index contributed by atoms with van der Waals surface area (Å²) in [7, 11) is -4.37. The summed E-state index contributed by atoms with van der Waals surface area (Å²) in [4.78, 5) is 23.5. The van der Waals surface area contributed by atoms with E-state index in [1.165, 1.54) is 36.0 Å². The normalized spacial score (nSPS) is 15.8. The largest absolute Gasteiger partial charge is 0.484 e. The summed E-state index contributed by atoms with van der Waals surface area (Å²) in [5, 5.41) is 9.00. The van der Waals surface area contributed by atoms with Crippen LogP contribution in [0.3, 0.4) is 0 Å². The second-order valence-electron chi connectivity index (χ2n) is 9.74. The fourth-order valence-electron chi connectivity index (χ4n) is 3.56. The van der Waals surface area contributed by atoms with Crippen molar-refractivity contribution < 1.29 is 45.4 Å². The summed E-state index contributed by atoms with van der Waals surface area (Å²) in [5.74, 6) is -0.370. The Hall–Kier alpha value is -3.69. The molecule has 1 aliphatic heterocycles. The number of aryl methyl sites for hydroxylation is 1. The predicted octanol–water partition coefficient (Wildman–Crippen LogP) is 3.67. The van der Waals surface area contributed by atoms with Crippen LogP contribution in [-0.4, -0.2) is 67.3 Å². The number of ether oxygens (including phenoxy) is 3. The van der Waals surface area contributed by atoms with E-state index >= 15 is 0 Å². The Kier molecular flexibility index (Phi) is 8.81. The van der Waals surface area contributed by atoms with E-state index in [1.807, 2.05) is 0 Å². The highest BCUT2D eigenvalue weighted by molar-refractivity contribution is 7.93. The van der Waals surface area contributed by atoms with Crippen LogP contribution in [0.2, 0.25) is 0 Å². The molecule has 222 valence electrons. The van der Waals surface area contributed by atoms with Gasteiger partial charge >= 0.3 is 12.3 Å². The van der Waals surface area contributed by atoms with E-state index in [1.54, 1.807) is 20.8 Å². The van der Waals surface area contributed by atoms with E-state index in [4.69, 9.17) is 9.47 Å². The van der Waals surface area contributed by atoms with Crippen LogP contribution in [0.5, 0.6) is 11.6 Å². The number of carbonyl (C=O) groups is 2. The molecule has 2 N–H and O–H groups in total. The molecule has 0 radical (unpaired) electrons. The maximum Gasteiger partial charge on any atom is 0.427 e. The Morgan fingerprint density at radius 2 is 1.93 bits per heavy atom. The molecule has 0 aliphatic carbocycles. The number of fused-ring (bicyclic) bond motifs is 1. The number of carbonyl (C=O) groups excluding carboxylic acids is 2. The van der Waals surface area contributed by atoms with Crippen molar-refractivity contribution in [3.8, 4) is 11.6 Å². The SMILES string of the molecule is CCn1cc(S(=O)(=O)N2C[C@H](CNC(C)=O)Oc3ccc(NC(=O)OC(C)(C)C(F)(F)F)cc32)c(OC(C)C)n1. The molecule has 0 saturated heterocycles. The number of amides is 2. The van der Waals surface area contributed by atoms with Gasteiger partial charge in [0.1, 0.15) is 11.9 Å². The van der Waals surface area contributed by atoms with E-state index in [2.05, 4.69) is 20.5 Å². The van der Waals surface area contributed by atoms with Gasteiger partial charge in [0.05, 0.1) is 24.9 Å². The van der Waals surface area contributed by atoms with Crippen molar-refractivity contribution in [3.05, 3.63) is 24.4 Å². The molecule has 0 bridgehead atoms. The average Bonchev–Trinajstić information content (AvgIpc) is 3.24. The lowest BCUT2D eigenvalue weighted by Crippen LogP contribution is -2.48. The minimum Gasteiger partial charge on any atom is -0.484 e. The van der Waals surface area contributed by atoms with Gasteiger partial charge in [-0.05, 0) is 52.8 Å². The lowest BCUT2D eigenvalue weighted by molar-refractivity contribution is -0.242. The Morgan fingerprint density at radius 1 is 1.25 bits per heavy atom. The van der Waals surface area contributed by atoms with Crippen LogP contribution >= 0.6 is 0 Å². The van der Waals surface area contributed by atoms with Gasteiger partial charge in [0, 0.05) is 25.4 Å². The number of nitrogens with one attached hydrogen (secondary N) is 2. The Labute approximate surface area is 229 Å². The molecule has 16 heteroatoms. The van der Waals surface area contributed by atoms with Gasteiger partial charge < -0.3 is 19.5 Å². The maximum absolute atomic E-state index is 14.0. The highest BCUT2D eigenvalue weighted by Crippen LogP contribution is 2.41. The third kappa shape index (κ3) is 6.89. The standard InChI is InChI=1S/C24H32F3N5O7S/c1-7-31-13-20(21(30-31)37-14(2)3)40(35,36)32-12-17(11-28-15(4)33)38-19-9-8-16(10-18(19)32)29-22(34)39-23(5,6)24(25,26)27/h8-10,13-14,17H,7,11-12H2,1-6H3,(H,28,33)(H,29,34)/t17-/m0/s1. The third-order valence-corrected chi connectivity index (χ3v) is 7.44. The minimum absolute atomic E-state index is 0.00768. The topological polar surface area (TPSA) is 141 Å². The zero-order valence-electron chi connectivity index (χ0n) is 22.8. The average molecular weight is 592 g/mol. The van der Waals surface area contributed by atoms with Crippen molar-refractivity contribution >= 4 is 33.4 Å². The van der Waals surface area contributed by atoms with Crippen LogP contribution in [0.15, 0.2) is 29.3 Å². The van der Waals surface area contributed by atoms with Crippen molar-refractivity contribution in [2.24, 2.45) is 0 Å². The summed E-state index contributed by atoms with van der Waals surface area (Å²) in [6, 6.07) is 3.90. The fourth-order valence-corrected chi connectivity index (χ4v) is 5.13. The number of rotatable bonds is 9. The molecule has 1 aromatic heterocycles. The smallest absolute Gasteiger partial charge is 0.427 e. The molecule has 2 heterocycles. The first kappa shape index (κ1) is 30.8. The number of halogens is 3. The molecule has 0 spiro atoms. The van der Waals surface area contributed by atoms with Crippen LogP contribution in [0.4, 0.5) is 29.3 Å². The lowest BCUT2D eigenvalue weighted by atomic mass is 10.1.